The first-order valence-corrected chi connectivity index (χ1v) is 11.1. The molecule has 0 saturated heterocycles. The van der Waals surface area contributed by atoms with Crippen molar-refractivity contribution in [2.45, 2.75) is 26.0 Å². The molecule has 0 aliphatic carbocycles. The predicted octanol–water partition coefficient (Wildman–Crippen LogP) is 0.864. The van der Waals surface area contributed by atoms with E-state index in [4.69, 9.17) is 4.74 Å². The van der Waals surface area contributed by atoms with Crippen molar-refractivity contribution < 1.29 is 23.1 Å². The zero-order chi connectivity index (χ0) is 21.2. The molecule has 1 aliphatic heterocycles. The van der Waals surface area contributed by atoms with Gasteiger partial charge in [-0.2, -0.15) is 0 Å². The van der Waals surface area contributed by atoms with Gasteiger partial charge in [-0.25, -0.2) is 12.7 Å². The third-order valence-electron chi connectivity index (χ3n) is 5.17. The van der Waals surface area contributed by atoms with E-state index in [1.807, 2.05) is 32.0 Å². The van der Waals surface area contributed by atoms with E-state index in [1.54, 1.807) is 24.0 Å². The Balaban J connectivity index is 2.50. The van der Waals surface area contributed by atoms with Crippen LogP contribution >= 0.6 is 0 Å². The van der Waals surface area contributed by atoms with Crippen LogP contribution in [0.3, 0.4) is 0 Å². The number of sulfonamides is 1. The summed E-state index contributed by atoms with van der Waals surface area (Å²) in [5.41, 5.74) is 1.26. The van der Waals surface area contributed by atoms with E-state index < -0.39 is 16.1 Å². The average molecular weight is 414 g/mol. The first-order chi connectivity index (χ1) is 13.0. The van der Waals surface area contributed by atoms with Crippen molar-refractivity contribution in [3.05, 3.63) is 23.8 Å². The van der Waals surface area contributed by atoms with Crippen molar-refractivity contribution >= 4 is 21.6 Å². The molecule has 0 radical (unpaired) electrons. The Morgan fingerprint density at radius 2 is 1.96 bits per heavy atom. The molecule has 1 heterocycles. The van der Waals surface area contributed by atoms with E-state index >= 15 is 0 Å². The van der Waals surface area contributed by atoms with Gasteiger partial charge in [-0.1, -0.05) is 6.92 Å². The molecule has 1 aromatic rings. The summed E-state index contributed by atoms with van der Waals surface area (Å²) in [6.45, 7) is 4.08. The summed E-state index contributed by atoms with van der Waals surface area (Å²) in [4.78, 5) is 16.7. The van der Waals surface area contributed by atoms with Gasteiger partial charge in [0.15, 0.2) is 0 Å². The van der Waals surface area contributed by atoms with Crippen molar-refractivity contribution in [3.63, 3.8) is 0 Å². The Labute approximate surface area is 167 Å². The lowest BCUT2D eigenvalue weighted by Crippen LogP contribution is -2.50. The highest BCUT2D eigenvalue weighted by Gasteiger charge is 2.34. The maximum atomic E-state index is 13.2. The van der Waals surface area contributed by atoms with Gasteiger partial charge in [0, 0.05) is 39.3 Å². The van der Waals surface area contributed by atoms with Crippen molar-refractivity contribution in [3.8, 4) is 5.75 Å². The Hall–Kier alpha value is -1.84. The van der Waals surface area contributed by atoms with Crippen LogP contribution in [0, 0.1) is 5.92 Å². The molecule has 1 aliphatic rings. The normalized spacial score (nSPS) is 21.6. The van der Waals surface area contributed by atoms with Crippen LogP contribution in [0.4, 0.5) is 5.69 Å². The van der Waals surface area contributed by atoms with Gasteiger partial charge in [0.2, 0.25) is 10.0 Å². The van der Waals surface area contributed by atoms with E-state index in [2.05, 4.69) is 0 Å². The molecule has 0 spiro atoms. The molecule has 2 rings (SSSR count). The van der Waals surface area contributed by atoms with Gasteiger partial charge in [0.1, 0.15) is 11.9 Å². The monoisotopic (exact) mass is 413 g/mol. The standard InChI is InChI=1S/C19H31N3O5S/c1-13-10-22(14(2)12-23)19(24)16-9-15(20(3)4)7-8-17(16)27-18(13)11-21(5)28(6,25)26/h7-9,13-14,18,23H,10-12H2,1-6H3/t13-,14-,18+/m0/s1. The zero-order valence-corrected chi connectivity index (χ0v) is 18.2. The van der Waals surface area contributed by atoms with Crippen molar-refractivity contribution in [1.29, 1.82) is 0 Å². The smallest absolute Gasteiger partial charge is 0.258 e. The molecular weight excluding hydrogens is 382 g/mol. The molecule has 28 heavy (non-hydrogen) atoms. The molecule has 158 valence electrons. The van der Waals surface area contributed by atoms with Gasteiger partial charge in [0.25, 0.3) is 5.91 Å². The summed E-state index contributed by atoms with van der Waals surface area (Å²) in [5, 5.41) is 9.64. The minimum atomic E-state index is -3.36. The van der Waals surface area contributed by atoms with E-state index in [0.29, 0.717) is 17.9 Å². The molecule has 3 atom stereocenters. The third-order valence-corrected chi connectivity index (χ3v) is 6.45. The Bertz CT molecular complexity index is 812. The van der Waals surface area contributed by atoms with Crippen LogP contribution in [0.25, 0.3) is 0 Å². The fourth-order valence-corrected chi connectivity index (χ4v) is 3.51. The number of hydrogen-bond donors (Lipinski definition) is 1. The van der Waals surface area contributed by atoms with Gasteiger partial charge < -0.3 is 19.6 Å². The second-order valence-corrected chi connectivity index (χ2v) is 9.83. The predicted molar refractivity (Wildman–Crippen MR) is 109 cm³/mol. The lowest BCUT2D eigenvalue weighted by molar-refractivity contribution is 0.0387. The van der Waals surface area contributed by atoms with Crippen molar-refractivity contribution in [1.82, 2.24) is 9.21 Å². The molecule has 9 heteroatoms. The average Bonchev–Trinajstić information content (AvgIpc) is 2.62. The number of aliphatic hydroxyl groups excluding tert-OH is 1. The maximum Gasteiger partial charge on any atom is 0.258 e. The lowest BCUT2D eigenvalue weighted by Gasteiger charge is -2.38. The number of carbonyl (C=O) groups excluding carboxylic acids is 1. The Morgan fingerprint density at radius 1 is 1.32 bits per heavy atom. The minimum Gasteiger partial charge on any atom is -0.488 e. The Kier molecular flexibility index (Phi) is 6.95. The number of likely N-dealkylation sites (N-methyl/N-ethyl adjacent to an activating group) is 1. The molecule has 1 N–H and O–H groups in total. The van der Waals surface area contributed by atoms with E-state index in [0.717, 1.165) is 11.9 Å². The summed E-state index contributed by atoms with van der Waals surface area (Å²) in [6.07, 6.45) is 0.715. The minimum absolute atomic E-state index is 0.135. The topological polar surface area (TPSA) is 90.4 Å². The van der Waals surface area contributed by atoms with Crippen LogP contribution in [0.15, 0.2) is 18.2 Å². The molecule has 8 nitrogen and oxygen atoms in total. The number of ether oxygens (including phenoxy) is 1. The van der Waals surface area contributed by atoms with Crippen molar-refractivity contribution in [2.24, 2.45) is 5.92 Å². The van der Waals surface area contributed by atoms with Crippen LogP contribution in [-0.2, 0) is 10.0 Å². The number of amides is 1. The van der Waals surface area contributed by atoms with Crippen LogP contribution in [-0.4, -0.2) is 87.9 Å². The largest absolute Gasteiger partial charge is 0.488 e. The number of fused-ring (bicyclic) bond motifs is 1. The number of carbonyl (C=O) groups is 1. The fraction of sp³-hybridized carbons (Fsp3) is 0.632. The summed E-state index contributed by atoms with van der Waals surface area (Å²) in [5.74, 6) is 0.0787. The third kappa shape index (κ3) is 4.95. The molecular formula is C19H31N3O5S. The van der Waals surface area contributed by atoms with Gasteiger partial charge in [-0.15, -0.1) is 0 Å². The summed E-state index contributed by atoms with van der Waals surface area (Å²) in [6, 6.07) is 5.00. The first kappa shape index (κ1) is 22.4. The summed E-state index contributed by atoms with van der Waals surface area (Å²) < 4.78 is 31.1. The summed E-state index contributed by atoms with van der Waals surface area (Å²) in [7, 11) is 1.92. The lowest BCUT2D eigenvalue weighted by atomic mass is 9.99. The molecule has 0 bridgehead atoms. The number of nitrogens with zero attached hydrogens (tertiary/aromatic N) is 3. The molecule has 0 unspecified atom stereocenters. The second kappa shape index (κ2) is 8.67. The molecule has 0 saturated carbocycles. The van der Waals surface area contributed by atoms with Gasteiger partial charge in [-0.3, -0.25) is 4.79 Å². The molecule has 1 aromatic carbocycles. The van der Waals surface area contributed by atoms with Gasteiger partial charge in [0.05, 0.1) is 31.0 Å². The maximum absolute atomic E-state index is 13.2. The zero-order valence-electron chi connectivity index (χ0n) is 17.4. The highest BCUT2D eigenvalue weighted by molar-refractivity contribution is 7.88. The number of benzene rings is 1. The highest BCUT2D eigenvalue weighted by Crippen LogP contribution is 2.31. The van der Waals surface area contributed by atoms with Crippen molar-refractivity contribution in [2.75, 3.05) is 52.0 Å². The van der Waals surface area contributed by atoms with Crippen LogP contribution in [0.1, 0.15) is 24.2 Å². The first-order valence-electron chi connectivity index (χ1n) is 9.26. The van der Waals surface area contributed by atoms with E-state index in [1.165, 1.54) is 11.4 Å². The molecule has 0 fully saturated rings. The fourth-order valence-electron chi connectivity index (χ4n) is 3.10. The van der Waals surface area contributed by atoms with E-state index in [9.17, 15) is 18.3 Å². The number of hydrogen-bond acceptors (Lipinski definition) is 6. The molecule has 0 aromatic heterocycles. The highest BCUT2D eigenvalue weighted by atomic mass is 32.2. The number of anilines is 1. The van der Waals surface area contributed by atoms with Gasteiger partial charge in [-0.05, 0) is 25.1 Å². The van der Waals surface area contributed by atoms with Crippen LogP contribution < -0.4 is 9.64 Å². The number of rotatable bonds is 6. The summed E-state index contributed by atoms with van der Waals surface area (Å²) >= 11 is 0. The van der Waals surface area contributed by atoms with Crippen LogP contribution in [0.5, 0.6) is 5.75 Å². The van der Waals surface area contributed by atoms with Gasteiger partial charge >= 0.3 is 0 Å². The Morgan fingerprint density at radius 3 is 2.50 bits per heavy atom. The SMILES string of the molecule is C[C@H]1CN([C@@H](C)CO)C(=O)c2cc(N(C)C)ccc2O[C@@H]1CN(C)S(C)(=O)=O. The van der Waals surface area contributed by atoms with E-state index in [-0.39, 0.29) is 31.0 Å². The second-order valence-electron chi connectivity index (χ2n) is 7.74. The quantitative estimate of drug-likeness (QED) is 0.744. The van der Waals surface area contributed by atoms with Crippen LogP contribution in [0.2, 0.25) is 0 Å². The number of aliphatic hydroxyl groups is 1. The molecule has 1 amide bonds.